The minimum Gasteiger partial charge on any atom is -0.493 e. The minimum atomic E-state index is -4.49. The fraction of sp³-hybridized carbons (Fsp3) is 0.391. The number of benzene rings is 2. The van der Waals surface area contributed by atoms with Gasteiger partial charge in [0.05, 0.1) is 24.2 Å². The highest BCUT2D eigenvalue weighted by Crippen LogP contribution is 2.37. The lowest BCUT2D eigenvalue weighted by molar-refractivity contribution is -0.137. The van der Waals surface area contributed by atoms with E-state index < -0.39 is 17.8 Å². The van der Waals surface area contributed by atoms with Crippen molar-refractivity contribution in [3.05, 3.63) is 47.3 Å². The van der Waals surface area contributed by atoms with Gasteiger partial charge in [-0.1, -0.05) is 0 Å². The summed E-state index contributed by atoms with van der Waals surface area (Å²) in [5.41, 5.74) is 6.03. The van der Waals surface area contributed by atoms with Gasteiger partial charge in [-0.15, -0.1) is 0 Å². The van der Waals surface area contributed by atoms with Gasteiger partial charge < -0.3 is 25.8 Å². The Morgan fingerprint density at radius 1 is 1.15 bits per heavy atom. The molecular weight excluding hydrogens is 435 g/mol. The molecule has 0 bridgehead atoms. The summed E-state index contributed by atoms with van der Waals surface area (Å²) >= 11 is 0. The number of halogens is 3. The van der Waals surface area contributed by atoms with Gasteiger partial charge in [-0.25, -0.2) is 9.97 Å². The highest BCUT2D eigenvalue weighted by Gasteiger charge is 2.31. The number of aromatic nitrogens is 2. The molecule has 1 saturated heterocycles. The summed E-state index contributed by atoms with van der Waals surface area (Å²) in [7, 11) is 1.56. The minimum absolute atomic E-state index is 0.0196. The maximum atomic E-state index is 13.3. The summed E-state index contributed by atoms with van der Waals surface area (Å²) in [5, 5.41) is 7.16. The zero-order valence-corrected chi connectivity index (χ0v) is 18.6. The van der Waals surface area contributed by atoms with E-state index in [9.17, 15) is 13.2 Å². The molecule has 4 N–H and O–H groups in total. The number of nitrogens with zero attached hydrogens (tertiary/aromatic N) is 2. The van der Waals surface area contributed by atoms with Gasteiger partial charge in [-0.2, -0.15) is 13.2 Å². The molecule has 0 amide bonds. The van der Waals surface area contributed by atoms with Crippen molar-refractivity contribution in [3.8, 4) is 11.5 Å². The molecule has 1 fully saturated rings. The van der Waals surface area contributed by atoms with Crippen LogP contribution in [0.3, 0.4) is 0 Å². The van der Waals surface area contributed by atoms with Crippen molar-refractivity contribution < 1.29 is 22.6 Å². The summed E-state index contributed by atoms with van der Waals surface area (Å²) in [6.07, 6.45) is -3.59. The Hall–Kier alpha value is -3.27. The number of anilines is 2. The predicted octanol–water partition coefficient (Wildman–Crippen LogP) is 4.46. The number of alkyl halides is 3. The second-order valence-corrected chi connectivity index (χ2v) is 8.12. The molecule has 1 aliphatic heterocycles. The zero-order valence-electron chi connectivity index (χ0n) is 18.6. The lowest BCUT2D eigenvalue weighted by Crippen LogP contribution is -2.20. The number of ether oxygens (including phenoxy) is 2. The van der Waals surface area contributed by atoms with Crippen LogP contribution in [0.4, 0.5) is 24.7 Å². The Morgan fingerprint density at radius 3 is 2.61 bits per heavy atom. The van der Waals surface area contributed by atoms with E-state index in [1.807, 2.05) is 6.07 Å². The zero-order chi connectivity index (χ0) is 23.8. The fourth-order valence-electron chi connectivity index (χ4n) is 3.90. The monoisotopic (exact) mass is 461 g/mol. The Balaban J connectivity index is 1.71. The topological polar surface area (TPSA) is 94.3 Å². The first-order valence-corrected chi connectivity index (χ1v) is 10.6. The van der Waals surface area contributed by atoms with E-state index in [4.69, 9.17) is 15.2 Å². The van der Waals surface area contributed by atoms with Crippen LogP contribution in [0.15, 0.2) is 30.3 Å². The van der Waals surface area contributed by atoms with Gasteiger partial charge in [0, 0.05) is 23.7 Å². The molecule has 0 aliphatic carbocycles. The summed E-state index contributed by atoms with van der Waals surface area (Å²) in [6, 6.07) is 6.62. The third-order valence-electron chi connectivity index (χ3n) is 5.56. The number of hydrogen-bond acceptors (Lipinski definition) is 7. The molecule has 0 radical (unpaired) electrons. The molecule has 1 unspecified atom stereocenters. The SMILES string of the molecule is COc1cc2nc(C)nc(N[C@H](C)c3cc(N)cc(C(F)(F)F)c3)c2cc1OC1CCNC1. The second-order valence-electron chi connectivity index (χ2n) is 8.12. The van der Waals surface area contributed by atoms with E-state index in [1.165, 1.54) is 6.07 Å². The van der Waals surface area contributed by atoms with E-state index in [0.717, 1.165) is 31.6 Å². The molecule has 1 aromatic heterocycles. The van der Waals surface area contributed by atoms with Crippen LogP contribution in [-0.2, 0) is 6.18 Å². The molecule has 2 atom stereocenters. The van der Waals surface area contributed by atoms with Crippen molar-refractivity contribution in [2.45, 2.75) is 38.6 Å². The van der Waals surface area contributed by atoms with Crippen LogP contribution in [0, 0.1) is 6.92 Å². The first-order valence-electron chi connectivity index (χ1n) is 10.6. The number of nitrogens with two attached hydrogens (primary N) is 1. The van der Waals surface area contributed by atoms with E-state index in [2.05, 4.69) is 20.6 Å². The first kappa shape index (κ1) is 22.9. The molecular formula is C23H26F3N5O2. The first-order chi connectivity index (χ1) is 15.6. The number of nitrogens with one attached hydrogen (secondary N) is 2. The lowest BCUT2D eigenvalue weighted by atomic mass is 10.0. The highest BCUT2D eigenvalue weighted by atomic mass is 19.4. The number of rotatable bonds is 6. The van der Waals surface area contributed by atoms with Crippen LogP contribution in [0.5, 0.6) is 11.5 Å². The summed E-state index contributed by atoms with van der Waals surface area (Å²) < 4.78 is 51.4. The second kappa shape index (κ2) is 8.93. The highest BCUT2D eigenvalue weighted by molar-refractivity contribution is 5.92. The summed E-state index contributed by atoms with van der Waals surface area (Å²) in [6.45, 7) is 5.12. The maximum Gasteiger partial charge on any atom is 0.416 e. The van der Waals surface area contributed by atoms with Crippen LogP contribution in [0.25, 0.3) is 10.9 Å². The van der Waals surface area contributed by atoms with Crippen LogP contribution in [0.1, 0.15) is 36.3 Å². The van der Waals surface area contributed by atoms with Gasteiger partial charge in [0.25, 0.3) is 0 Å². The molecule has 7 nitrogen and oxygen atoms in total. The molecule has 2 aromatic carbocycles. The molecule has 33 heavy (non-hydrogen) atoms. The van der Waals surface area contributed by atoms with Crippen molar-refractivity contribution in [3.63, 3.8) is 0 Å². The standard InChI is InChI=1S/C23H26F3N5O2/c1-12(14-6-15(23(24,25)26)8-16(27)7-14)29-22-18-9-21(33-17-4-5-28-11-17)20(32-3)10-19(18)30-13(2)31-22/h6-10,12,17,28H,4-5,11,27H2,1-3H3,(H,29,30,31)/t12-,17?/m1/s1. The van der Waals surface area contributed by atoms with E-state index in [-0.39, 0.29) is 11.8 Å². The van der Waals surface area contributed by atoms with Gasteiger partial charge in [-0.3, -0.25) is 0 Å². The average molecular weight is 461 g/mol. The van der Waals surface area contributed by atoms with Crippen LogP contribution in [-0.4, -0.2) is 36.3 Å². The smallest absolute Gasteiger partial charge is 0.416 e. The van der Waals surface area contributed by atoms with Crippen LogP contribution in [0.2, 0.25) is 0 Å². The Labute approximate surface area is 189 Å². The molecule has 1 aliphatic rings. The lowest BCUT2D eigenvalue weighted by Gasteiger charge is -2.20. The molecule has 2 heterocycles. The third kappa shape index (κ3) is 5.05. The van der Waals surface area contributed by atoms with Gasteiger partial charge in [0.1, 0.15) is 17.7 Å². The van der Waals surface area contributed by atoms with Crippen molar-refractivity contribution in [1.82, 2.24) is 15.3 Å². The number of methoxy groups -OCH3 is 1. The molecule has 0 spiro atoms. The largest absolute Gasteiger partial charge is 0.493 e. The number of aryl methyl sites for hydroxylation is 1. The maximum absolute atomic E-state index is 13.3. The van der Waals surface area contributed by atoms with Gasteiger partial charge in [-0.05, 0) is 56.6 Å². The Morgan fingerprint density at radius 2 is 1.94 bits per heavy atom. The number of hydrogen-bond donors (Lipinski definition) is 3. The molecule has 10 heteroatoms. The fourth-order valence-corrected chi connectivity index (χ4v) is 3.90. The van der Waals surface area contributed by atoms with Gasteiger partial charge in [0.2, 0.25) is 0 Å². The van der Waals surface area contributed by atoms with Crippen LogP contribution >= 0.6 is 0 Å². The summed E-state index contributed by atoms with van der Waals surface area (Å²) in [4.78, 5) is 9.00. The molecule has 4 rings (SSSR count). The molecule has 3 aromatic rings. The van der Waals surface area contributed by atoms with E-state index >= 15 is 0 Å². The normalized spacial score (nSPS) is 17.2. The quantitative estimate of drug-likeness (QED) is 0.467. The Kier molecular flexibility index (Phi) is 6.20. The van der Waals surface area contributed by atoms with Gasteiger partial charge >= 0.3 is 6.18 Å². The molecule has 0 saturated carbocycles. The van der Waals surface area contributed by atoms with Gasteiger partial charge in [0.15, 0.2) is 11.5 Å². The van der Waals surface area contributed by atoms with Crippen molar-refractivity contribution >= 4 is 22.4 Å². The number of nitrogen functional groups attached to an aromatic ring is 1. The van der Waals surface area contributed by atoms with Crippen molar-refractivity contribution in [1.29, 1.82) is 0 Å². The average Bonchev–Trinajstić information content (AvgIpc) is 3.25. The third-order valence-corrected chi connectivity index (χ3v) is 5.56. The number of fused-ring (bicyclic) bond motifs is 1. The molecule has 176 valence electrons. The van der Waals surface area contributed by atoms with E-state index in [1.54, 1.807) is 27.0 Å². The van der Waals surface area contributed by atoms with Crippen molar-refractivity contribution in [2.24, 2.45) is 0 Å². The Bertz CT molecular complexity index is 1160. The van der Waals surface area contributed by atoms with Crippen LogP contribution < -0.4 is 25.8 Å². The predicted molar refractivity (Wildman–Crippen MR) is 121 cm³/mol. The van der Waals surface area contributed by atoms with E-state index in [0.29, 0.717) is 39.6 Å². The summed E-state index contributed by atoms with van der Waals surface area (Å²) in [5.74, 6) is 2.11. The van der Waals surface area contributed by atoms with Crippen molar-refractivity contribution in [2.75, 3.05) is 31.2 Å².